The summed E-state index contributed by atoms with van der Waals surface area (Å²) in [6.07, 6.45) is -3.25. The van der Waals surface area contributed by atoms with Crippen LogP contribution in [0.2, 0.25) is 0 Å². The van der Waals surface area contributed by atoms with Crippen LogP contribution in [-0.4, -0.2) is 67.7 Å². The molecule has 1 aliphatic rings. The smallest absolute Gasteiger partial charge is 0.493 e. The Labute approximate surface area is 199 Å². The van der Waals surface area contributed by atoms with Gasteiger partial charge in [-0.05, 0) is 23.8 Å². The molecule has 1 saturated heterocycles. The number of piperazine rings is 1. The van der Waals surface area contributed by atoms with Gasteiger partial charge in [0.15, 0.2) is 11.5 Å². The van der Waals surface area contributed by atoms with Crippen LogP contribution in [0.25, 0.3) is 10.9 Å². The number of carbonyl (C=O) groups is 1. The summed E-state index contributed by atoms with van der Waals surface area (Å²) in [6, 6.07) is 8.76. The van der Waals surface area contributed by atoms with Crippen molar-refractivity contribution < 1.29 is 32.2 Å². The van der Waals surface area contributed by atoms with E-state index in [9.17, 15) is 18.0 Å². The number of anilines is 1. The summed E-state index contributed by atoms with van der Waals surface area (Å²) in [5.74, 6) is 1.59. The Kier molecular flexibility index (Phi) is 6.99. The molecule has 186 valence electrons. The van der Waals surface area contributed by atoms with Gasteiger partial charge in [0, 0.05) is 44.2 Å². The average molecular weight is 491 g/mol. The van der Waals surface area contributed by atoms with Crippen LogP contribution in [0, 0.1) is 0 Å². The number of halogens is 3. The molecular formula is C23H24F3N5O4. The lowest BCUT2D eigenvalue weighted by molar-refractivity contribution is -0.274. The lowest BCUT2D eigenvalue weighted by Gasteiger charge is -2.35. The molecule has 1 aromatic heterocycles. The van der Waals surface area contributed by atoms with E-state index in [1.165, 1.54) is 30.6 Å². The number of nitrogens with zero attached hydrogens (tertiary/aromatic N) is 4. The van der Waals surface area contributed by atoms with E-state index < -0.39 is 6.36 Å². The maximum atomic E-state index is 12.6. The minimum Gasteiger partial charge on any atom is -0.493 e. The zero-order valence-electron chi connectivity index (χ0n) is 19.1. The molecule has 0 radical (unpaired) electrons. The summed E-state index contributed by atoms with van der Waals surface area (Å²) in [4.78, 5) is 25.2. The van der Waals surface area contributed by atoms with E-state index >= 15 is 0 Å². The highest BCUT2D eigenvalue weighted by Gasteiger charge is 2.31. The zero-order valence-corrected chi connectivity index (χ0v) is 19.1. The summed E-state index contributed by atoms with van der Waals surface area (Å²) in [7, 11) is 3.13. The van der Waals surface area contributed by atoms with Gasteiger partial charge in [-0.1, -0.05) is 12.1 Å². The van der Waals surface area contributed by atoms with Crippen LogP contribution in [0.4, 0.5) is 23.8 Å². The van der Waals surface area contributed by atoms with E-state index in [0.717, 1.165) is 16.7 Å². The number of methoxy groups -OCH3 is 2. The molecule has 1 N–H and O–H groups in total. The molecule has 0 saturated carbocycles. The molecule has 2 aromatic carbocycles. The predicted octanol–water partition coefficient (Wildman–Crippen LogP) is 3.58. The Balaban J connectivity index is 1.35. The van der Waals surface area contributed by atoms with E-state index in [4.69, 9.17) is 9.47 Å². The molecule has 0 aliphatic carbocycles. The number of hydrogen-bond acceptors (Lipinski definition) is 7. The number of nitrogens with one attached hydrogen (secondary N) is 1. The molecule has 1 aliphatic heterocycles. The maximum absolute atomic E-state index is 12.6. The van der Waals surface area contributed by atoms with Gasteiger partial charge in [0.05, 0.1) is 19.7 Å². The highest BCUT2D eigenvalue weighted by atomic mass is 19.4. The molecule has 0 atom stereocenters. The first-order chi connectivity index (χ1) is 16.8. The molecule has 1 fully saturated rings. The van der Waals surface area contributed by atoms with Crippen LogP contribution in [0.1, 0.15) is 5.56 Å². The summed E-state index contributed by atoms with van der Waals surface area (Å²) in [5, 5.41) is 3.62. The molecule has 9 nitrogen and oxygen atoms in total. The number of aromatic nitrogens is 2. The molecule has 0 bridgehead atoms. The zero-order chi connectivity index (χ0) is 25.0. The van der Waals surface area contributed by atoms with Gasteiger partial charge in [-0.25, -0.2) is 14.8 Å². The van der Waals surface area contributed by atoms with Gasteiger partial charge < -0.3 is 29.3 Å². The molecule has 12 heteroatoms. The summed E-state index contributed by atoms with van der Waals surface area (Å²) >= 11 is 0. The van der Waals surface area contributed by atoms with E-state index in [1.807, 2.05) is 6.07 Å². The number of hydrogen-bond donors (Lipinski definition) is 1. The van der Waals surface area contributed by atoms with Crippen LogP contribution in [0.15, 0.2) is 42.7 Å². The normalized spacial score (nSPS) is 14.1. The second-order valence-corrected chi connectivity index (χ2v) is 7.75. The van der Waals surface area contributed by atoms with Crippen molar-refractivity contribution in [3.8, 4) is 17.2 Å². The fourth-order valence-electron chi connectivity index (χ4n) is 3.84. The predicted molar refractivity (Wildman–Crippen MR) is 122 cm³/mol. The second-order valence-electron chi connectivity index (χ2n) is 7.75. The molecule has 2 heterocycles. The molecule has 0 spiro atoms. The largest absolute Gasteiger partial charge is 0.573 e. The Hall–Kier alpha value is -3.96. The Morgan fingerprint density at radius 1 is 1.00 bits per heavy atom. The van der Waals surface area contributed by atoms with Gasteiger partial charge in [-0.3, -0.25) is 0 Å². The number of fused-ring (bicyclic) bond motifs is 1. The maximum Gasteiger partial charge on any atom is 0.573 e. The highest BCUT2D eigenvalue weighted by molar-refractivity contribution is 5.92. The lowest BCUT2D eigenvalue weighted by atomic mass is 10.2. The van der Waals surface area contributed by atoms with Crippen LogP contribution < -0.4 is 24.4 Å². The molecule has 4 rings (SSSR count). The first-order valence-corrected chi connectivity index (χ1v) is 10.8. The van der Waals surface area contributed by atoms with Crippen molar-refractivity contribution in [3.63, 3.8) is 0 Å². The van der Waals surface area contributed by atoms with Gasteiger partial charge >= 0.3 is 12.4 Å². The fourth-order valence-corrected chi connectivity index (χ4v) is 3.84. The monoisotopic (exact) mass is 491 g/mol. The number of alkyl halides is 3. The van der Waals surface area contributed by atoms with Crippen molar-refractivity contribution in [2.45, 2.75) is 12.9 Å². The first kappa shape index (κ1) is 24.2. The van der Waals surface area contributed by atoms with Gasteiger partial charge in [-0.15, -0.1) is 13.2 Å². The number of rotatable bonds is 6. The van der Waals surface area contributed by atoms with Crippen LogP contribution in [0.5, 0.6) is 17.2 Å². The minimum absolute atomic E-state index is 0.184. The van der Waals surface area contributed by atoms with E-state index in [0.29, 0.717) is 43.2 Å². The average Bonchev–Trinajstić information content (AvgIpc) is 2.86. The van der Waals surface area contributed by atoms with E-state index in [1.54, 1.807) is 25.2 Å². The third kappa shape index (κ3) is 5.76. The van der Waals surface area contributed by atoms with Crippen molar-refractivity contribution in [3.05, 3.63) is 48.3 Å². The number of ether oxygens (including phenoxy) is 3. The molecular weight excluding hydrogens is 467 g/mol. The molecule has 2 amide bonds. The minimum atomic E-state index is -4.74. The van der Waals surface area contributed by atoms with Crippen molar-refractivity contribution in [2.75, 3.05) is 45.3 Å². The third-order valence-electron chi connectivity index (χ3n) is 5.59. The van der Waals surface area contributed by atoms with Gasteiger partial charge in [0.2, 0.25) is 0 Å². The van der Waals surface area contributed by atoms with Crippen molar-refractivity contribution >= 4 is 22.8 Å². The Morgan fingerprint density at radius 3 is 2.29 bits per heavy atom. The topological polar surface area (TPSA) is 89.1 Å². The number of carbonyl (C=O) groups excluding carboxylic acids is 1. The van der Waals surface area contributed by atoms with Gasteiger partial charge in [0.25, 0.3) is 0 Å². The third-order valence-corrected chi connectivity index (χ3v) is 5.59. The van der Waals surface area contributed by atoms with Crippen LogP contribution in [-0.2, 0) is 6.54 Å². The number of amides is 2. The Bertz CT molecular complexity index is 1180. The standard InChI is InChI=1S/C23H24F3N5O4/c1-33-19-11-17-18(12-20(19)34-2)28-14-29-21(17)30-7-9-31(10-8-30)22(32)27-13-15-3-5-16(6-4-15)35-23(24,25)26/h3-6,11-12,14H,7-10,13H2,1-2H3,(H,27,32). The SMILES string of the molecule is COc1cc2ncnc(N3CCN(C(=O)NCc4ccc(OC(F)(F)F)cc4)CC3)c2cc1OC. The molecule has 35 heavy (non-hydrogen) atoms. The van der Waals surface area contributed by atoms with Gasteiger partial charge in [-0.2, -0.15) is 0 Å². The summed E-state index contributed by atoms with van der Waals surface area (Å²) < 4.78 is 51.4. The van der Waals surface area contributed by atoms with Gasteiger partial charge in [0.1, 0.15) is 17.9 Å². The van der Waals surface area contributed by atoms with E-state index in [2.05, 4.69) is 24.9 Å². The summed E-state index contributed by atoms with van der Waals surface area (Å²) in [6.45, 7) is 2.27. The number of urea groups is 1. The first-order valence-electron chi connectivity index (χ1n) is 10.8. The molecule has 3 aromatic rings. The summed E-state index contributed by atoms with van der Waals surface area (Å²) in [5.41, 5.74) is 1.38. The van der Waals surface area contributed by atoms with Crippen molar-refractivity contribution in [2.24, 2.45) is 0 Å². The quantitative estimate of drug-likeness (QED) is 0.564. The highest BCUT2D eigenvalue weighted by Crippen LogP contribution is 2.35. The van der Waals surface area contributed by atoms with E-state index in [-0.39, 0.29) is 18.3 Å². The van der Waals surface area contributed by atoms with Crippen LogP contribution in [0.3, 0.4) is 0 Å². The molecule has 0 unspecified atom stereocenters. The van der Waals surface area contributed by atoms with Crippen LogP contribution >= 0.6 is 0 Å². The van der Waals surface area contributed by atoms with Crippen molar-refractivity contribution in [1.29, 1.82) is 0 Å². The Morgan fingerprint density at radius 2 is 1.66 bits per heavy atom. The second kappa shape index (κ2) is 10.1. The number of benzene rings is 2. The lowest BCUT2D eigenvalue weighted by Crippen LogP contribution is -2.52. The fraction of sp³-hybridized carbons (Fsp3) is 0.348. The van der Waals surface area contributed by atoms with Crippen molar-refractivity contribution in [1.82, 2.24) is 20.2 Å².